The molecule has 2 aromatic rings. The fourth-order valence-electron chi connectivity index (χ4n) is 1.25. The molecule has 0 atom stereocenters. The number of benzene rings is 1. The highest BCUT2D eigenvalue weighted by atomic mass is 35.5. The number of amides is 1. The largest absolute Gasteiger partial charge is 0.506 e. The number of H-pyrrole nitrogens is 1. The molecule has 0 radical (unpaired) electrons. The molecule has 0 spiro atoms. The van der Waals surface area contributed by atoms with E-state index in [1.165, 1.54) is 12.1 Å². The van der Waals surface area contributed by atoms with Gasteiger partial charge in [0, 0.05) is 11.9 Å². The van der Waals surface area contributed by atoms with Gasteiger partial charge in [-0.3, -0.25) is 4.79 Å². The molecule has 5 heteroatoms. The van der Waals surface area contributed by atoms with Gasteiger partial charge in [-0.1, -0.05) is 11.6 Å². The zero-order valence-electron chi connectivity index (χ0n) is 8.20. The normalized spacial score (nSPS) is 10.1. The van der Waals surface area contributed by atoms with E-state index in [0.29, 0.717) is 11.4 Å². The summed E-state index contributed by atoms with van der Waals surface area (Å²) in [4.78, 5) is 14.4. The zero-order valence-corrected chi connectivity index (χ0v) is 8.95. The van der Waals surface area contributed by atoms with Crippen molar-refractivity contribution in [2.24, 2.45) is 0 Å². The number of rotatable bonds is 2. The molecule has 2 rings (SSSR count). The molecule has 1 heterocycles. The van der Waals surface area contributed by atoms with Gasteiger partial charge in [0.2, 0.25) is 0 Å². The van der Waals surface area contributed by atoms with E-state index in [2.05, 4.69) is 10.3 Å². The third-order valence-corrected chi connectivity index (χ3v) is 2.35. The fourth-order valence-corrected chi connectivity index (χ4v) is 1.44. The number of phenols is 1. The Morgan fingerprint density at radius 3 is 2.81 bits per heavy atom. The molecular formula is C11H9ClN2O2. The number of phenolic OH excluding ortho intramolecular Hbond substituents is 1. The highest BCUT2D eigenvalue weighted by Gasteiger charge is 2.07. The quantitative estimate of drug-likeness (QED) is 0.702. The number of aromatic nitrogens is 1. The van der Waals surface area contributed by atoms with Gasteiger partial charge in [0.1, 0.15) is 11.4 Å². The Hall–Kier alpha value is -1.94. The molecule has 1 aromatic carbocycles. The van der Waals surface area contributed by atoms with Crippen LogP contribution < -0.4 is 5.32 Å². The van der Waals surface area contributed by atoms with E-state index in [1.807, 2.05) is 0 Å². The summed E-state index contributed by atoms with van der Waals surface area (Å²) in [6.45, 7) is 0. The minimum Gasteiger partial charge on any atom is -0.506 e. The molecule has 3 N–H and O–H groups in total. The van der Waals surface area contributed by atoms with Crippen molar-refractivity contribution in [3.05, 3.63) is 47.2 Å². The van der Waals surface area contributed by atoms with Crippen LogP contribution in [0.5, 0.6) is 5.75 Å². The van der Waals surface area contributed by atoms with Crippen LogP contribution in [-0.4, -0.2) is 16.0 Å². The molecule has 1 aromatic heterocycles. The Balaban J connectivity index is 2.15. The van der Waals surface area contributed by atoms with Gasteiger partial charge >= 0.3 is 0 Å². The number of anilines is 1. The first-order valence-corrected chi connectivity index (χ1v) is 4.98. The standard InChI is InChI=1S/C11H9ClN2O2/c12-8-6-7(3-4-10(8)15)14-11(16)9-2-1-5-13-9/h1-6,13,15H,(H,14,16). The predicted octanol–water partition coefficient (Wildman–Crippen LogP) is 2.63. The van der Waals surface area contributed by atoms with Crippen LogP contribution in [0.15, 0.2) is 36.5 Å². The van der Waals surface area contributed by atoms with E-state index in [4.69, 9.17) is 11.6 Å². The Labute approximate surface area is 96.9 Å². The first-order chi connectivity index (χ1) is 7.66. The van der Waals surface area contributed by atoms with Crippen LogP contribution in [0.3, 0.4) is 0 Å². The van der Waals surface area contributed by atoms with Crippen molar-refractivity contribution in [2.45, 2.75) is 0 Å². The Kier molecular flexibility index (Phi) is 2.83. The monoisotopic (exact) mass is 236 g/mol. The first-order valence-electron chi connectivity index (χ1n) is 4.60. The van der Waals surface area contributed by atoms with E-state index in [9.17, 15) is 9.90 Å². The molecular weight excluding hydrogens is 228 g/mol. The topological polar surface area (TPSA) is 65.1 Å². The summed E-state index contributed by atoms with van der Waals surface area (Å²) in [5.41, 5.74) is 0.992. The predicted molar refractivity (Wildman–Crippen MR) is 61.9 cm³/mol. The van der Waals surface area contributed by atoms with Gasteiger partial charge in [0.15, 0.2) is 0 Å². The lowest BCUT2D eigenvalue weighted by Gasteiger charge is -2.04. The fraction of sp³-hybridized carbons (Fsp3) is 0. The van der Waals surface area contributed by atoms with Crippen molar-refractivity contribution in [1.29, 1.82) is 0 Å². The van der Waals surface area contributed by atoms with Crippen molar-refractivity contribution >= 4 is 23.2 Å². The van der Waals surface area contributed by atoms with Crippen LogP contribution in [0.25, 0.3) is 0 Å². The smallest absolute Gasteiger partial charge is 0.272 e. The average Bonchev–Trinajstić information content (AvgIpc) is 2.77. The number of hydrogen-bond donors (Lipinski definition) is 3. The van der Waals surface area contributed by atoms with Crippen molar-refractivity contribution in [2.75, 3.05) is 5.32 Å². The van der Waals surface area contributed by atoms with Crippen molar-refractivity contribution in [1.82, 2.24) is 4.98 Å². The van der Waals surface area contributed by atoms with Crippen molar-refractivity contribution < 1.29 is 9.90 Å². The van der Waals surface area contributed by atoms with E-state index in [0.717, 1.165) is 0 Å². The summed E-state index contributed by atoms with van der Waals surface area (Å²) in [6.07, 6.45) is 1.67. The van der Waals surface area contributed by atoms with Gasteiger partial charge in [-0.25, -0.2) is 0 Å². The molecule has 1 amide bonds. The van der Waals surface area contributed by atoms with Gasteiger partial charge in [0.25, 0.3) is 5.91 Å². The van der Waals surface area contributed by atoms with Crippen LogP contribution >= 0.6 is 11.6 Å². The number of carbonyl (C=O) groups excluding carboxylic acids is 1. The lowest BCUT2D eigenvalue weighted by Crippen LogP contribution is -2.11. The van der Waals surface area contributed by atoms with Crippen LogP contribution in [0.2, 0.25) is 5.02 Å². The van der Waals surface area contributed by atoms with Crippen LogP contribution in [0, 0.1) is 0 Å². The molecule has 0 saturated heterocycles. The van der Waals surface area contributed by atoms with Crippen LogP contribution in [0.1, 0.15) is 10.5 Å². The second-order valence-electron chi connectivity index (χ2n) is 3.20. The van der Waals surface area contributed by atoms with Crippen LogP contribution in [0.4, 0.5) is 5.69 Å². The van der Waals surface area contributed by atoms with Gasteiger partial charge in [0.05, 0.1) is 5.02 Å². The second-order valence-corrected chi connectivity index (χ2v) is 3.61. The van der Waals surface area contributed by atoms with Gasteiger partial charge in [-0.15, -0.1) is 0 Å². The minimum absolute atomic E-state index is 0.0143. The summed E-state index contributed by atoms with van der Waals surface area (Å²) >= 11 is 5.71. The maximum absolute atomic E-state index is 11.6. The lowest BCUT2D eigenvalue weighted by atomic mass is 10.3. The molecule has 0 unspecified atom stereocenters. The lowest BCUT2D eigenvalue weighted by molar-refractivity contribution is 0.102. The second kappa shape index (κ2) is 4.28. The molecule has 4 nitrogen and oxygen atoms in total. The highest BCUT2D eigenvalue weighted by molar-refractivity contribution is 6.32. The van der Waals surface area contributed by atoms with Gasteiger partial charge in [-0.2, -0.15) is 0 Å². The molecule has 16 heavy (non-hydrogen) atoms. The first kappa shape index (κ1) is 10.6. The third kappa shape index (κ3) is 2.17. The molecule has 0 aliphatic carbocycles. The Morgan fingerprint density at radius 2 is 2.19 bits per heavy atom. The summed E-state index contributed by atoms with van der Waals surface area (Å²) in [5.74, 6) is -0.272. The molecule has 0 aliphatic heterocycles. The zero-order chi connectivity index (χ0) is 11.5. The maximum Gasteiger partial charge on any atom is 0.272 e. The van der Waals surface area contributed by atoms with Gasteiger partial charge in [-0.05, 0) is 30.3 Å². The molecule has 82 valence electrons. The number of aromatic hydroxyl groups is 1. The molecule has 0 fully saturated rings. The number of aromatic amines is 1. The molecule has 0 saturated carbocycles. The van der Waals surface area contributed by atoms with E-state index in [-0.39, 0.29) is 16.7 Å². The van der Waals surface area contributed by atoms with Crippen molar-refractivity contribution in [3.63, 3.8) is 0 Å². The number of halogens is 1. The summed E-state index contributed by atoms with van der Waals surface area (Å²) in [6, 6.07) is 7.88. The average molecular weight is 237 g/mol. The minimum atomic E-state index is -0.258. The van der Waals surface area contributed by atoms with E-state index in [1.54, 1.807) is 24.4 Å². The third-order valence-electron chi connectivity index (χ3n) is 2.05. The van der Waals surface area contributed by atoms with Crippen LogP contribution in [-0.2, 0) is 0 Å². The molecule has 0 bridgehead atoms. The van der Waals surface area contributed by atoms with E-state index < -0.39 is 0 Å². The SMILES string of the molecule is O=C(Nc1ccc(O)c(Cl)c1)c1ccc[nH]1. The van der Waals surface area contributed by atoms with Gasteiger partial charge < -0.3 is 15.4 Å². The summed E-state index contributed by atoms with van der Waals surface area (Å²) in [7, 11) is 0. The van der Waals surface area contributed by atoms with E-state index >= 15 is 0 Å². The number of nitrogens with one attached hydrogen (secondary N) is 2. The highest BCUT2D eigenvalue weighted by Crippen LogP contribution is 2.26. The Bertz CT molecular complexity index is 509. The summed E-state index contributed by atoms with van der Waals surface area (Å²) in [5, 5.41) is 12.1. The molecule has 0 aliphatic rings. The number of hydrogen-bond acceptors (Lipinski definition) is 2. The summed E-state index contributed by atoms with van der Waals surface area (Å²) < 4.78 is 0. The van der Waals surface area contributed by atoms with Crippen molar-refractivity contribution in [3.8, 4) is 5.75 Å². The maximum atomic E-state index is 11.6. The number of carbonyl (C=O) groups is 1. The Morgan fingerprint density at radius 1 is 1.38 bits per heavy atom.